The van der Waals surface area contributed by atoms with Crippen LogP contribution in [0.3, 0.4) is 0 Å². The zero-order valence-electron chi connectivity index (χ0n) is 12.8. The van der Waals surface area contributed by atoms with Crippen molar-refractivity contribution in [2.75, 3.05) is 26.2 Å². The van der Waals surface area contributed by atoms with Crippen LogP contribution in [-0.4, -0.2) is 36.2 Å². The molecule has 2 rings (SSSR count). The summed E-state index contributed by atoms with van der Waals surface area (Å²) in [4.78, 5) is 2.31. The lowest BCUT2D eigenvalue weighted by atomic mass is 9.97. The summed E-state index contributed by atoms with van der Waals surface area (Å²) in [5.41, 5.74) is 1.17. The second-order valence-corrected chi connectivity index (χ2v) is 5.30. The quantitative estimate of drug-likeness (QED) is 0.796. The van der Waals surface area contributed by atoms with Crippen LogP contribution in [0.25, 0.3) is 0 Å². The SMILES string of the molecule is C=CCC[C@H](c1ccc(C)c(F)c1O)N1CCNCC1.Cl.Cl. The van der Waals surface area contributed by atoms with Gasteiger partial charge in [-0.15, -0.1) is 31.4 Å². The summed E-state index contributed by atoms with van der Waals surface area (Å²) >= 11 is 0. The van der Waals surface area contributed by atoms with E-state index in [4.69, 9.17) is 0 Å². The van der Waals surface area contributed by atoms with Gasteiger partial charge in [0.2, 0.25) is 0 Å². The van der Waals surface area contributed by atoms with Gasteiger partial charge in [-0.25, -0.2) is 4.39 Å². The van der Waals surface area contributed by atoms with E-state index >= 15 is 0 Å². The van der Waals surface area contributed by atoms with Crippen LogP contribution >= 0.6 is 24.8 Å². The highest BCUT2D eigenvalue weighted by molar-refractivity contribution is 5.85. The van der Waals surface area contributed by atoms with Crippen LogP contribution in [0.1, 0.15) is 30.0 Å². The van der Waals surface area contributed by atoms with Crippen molar-refractivity contribution in [1.82, 2.24) is 10.2 Å². The van der Waals surface area contributed by atoms with Crippen molar-refractivity contribution in [1.29, 1.82) is 0 Å². The van der Waals surface area contributed by atoms with Crippen LogP contribution in [0, 0.1) is 12.7 Å². The van der Waals surface area contributed by atoms with Crippen LogP contribution in [-0.2, 0) is 0 Å². The van der Waals surface area contributed by atoms with Gasteiger partial charge in [-0.2, -0.15) is 0 Å². The molecule has 0 saturated carbocycles. The second kappa shape index (κ2) is 10.1. The zero-order chi connectivity index (χ0) is 14.5. The number of rotatable bonds is 5. The molecule has 0 aliphatic carbocycles. The van der Waals surface area contributed by atoms with Gasteiger partial charge < -0.3 is 10.4 Å². The Balaban J connectivity index is 0.00000220. The molecule has 22 heavy (non-hydrogen) atoms. The van der Waals surface area contributed by atoms with Crippen LogP contribution < -0.4 is 5.32 Å². The summed E-state index contributed by atoms with van der Waals surface area (Å²) < 4.78 is 13.9. The van der Waals surface area contributed by atoms with E-state index in [9.17, 15) is 9.50 Å². The third-order valence-corrected chi connectivity index (χ3v) is 3.94. The smallest absolute Gasteiger partial charge is 0.168 e. The summed E-state index contributed by atoms with van der Waals surface area (Å²) in [7, 11) is 0. The maximum atomic E-state index is 13.9. The number of hydrogen-bond donors (Lipinski definition) is 2. The average Bonchev–Trinajstić information content (AvgIpc) is 2.48. The molecular formula is C16H25Cl2FN2O. The molecule has 0 unspecified atom stereocenters. The van der Waals surface area contributed by atoms with E-state index in [1.54, 1.807) is 13.0 Å². The molecule has 0 spiro atoms. The minimum Gasteiger partial charge on any atom is -0.505 e. The molecule has 1 aliphatic heterocycles. The third-order valence-electron chi connectivity index (χ3n) is 3.94. The Kier molecular flexibility index (Phi) is 9.69. The highest BCUT2D eigenvalue weighted by Gasteiger charge is 2.25. The largest absolute Gasteiger partial charge is 0.505 e. The molecule has 2 N–H and O–H groups in total. The monoisotopic (exact) mass is 350 g/mol. The van der Waals surface area contributed by atoms with Gasteiger partial charge in [-0.3, -0.25) is 4.90 Å². The van der Waals surface area contributed by atoms with Gasteiger partial charge in [0.25, 0.3) is 0 Å². The van der Waals surface area contributed by atoms with E-state index in [1.165, 1.54) is 0 Å². The predicted octanol–water partition coefficient (Wildman–Crippen LogP) is 3.60. The molecule has 3 nitrogen and oxygen atoms in total. The van der Waals surface area contributed by atoms with Crippen LogP contribution in [0.15, 0.2) is 24.8 Å². The topological polar surface area (TPSA) is 35.5 Å². The minimum atomic E-state index is -0.499. The molecule has 1 saturated heterocycles. The normalized spacial score (nSPS) is 16.3. The first-order valence-corrected chi connectivity index (χ1v) is 7.18. The fourth-order valence-electron chi connectivity index (χ4n) is 2.75. The number of phenolic OH excluding ortho intramolecular Hbond substituents is 1. The summed E-state index contributed by atoms with van der Waals surface area (Å²) in [5, 5.41) is 13.4. The number of nitrogens with one attached hydrogen (secondary N) is 1. The molecule has 0 amide bonds. The van der Waals surface area contributed by atoms with Crippen LogP contribution in [0.4, 0.5) is 4.39 Å². The molecule has 1 aliphatic rings. The third kappa shape index (κ3) is 4.85. The Morgan fingerprint density at radius 3 is 2.59 bits per heavy atom. The first-order chi connectivity index (χ1) is 9.65. The van der Waals surface area contributed by atoms with Crippen molar-refractivity contribution < 1.29 is 9.50 Å². The fraction of sp³-hybridized carbons (Fsp3) is 0.500. The predicted molar refractivity (Wildman–Crippen MR) is 93.9 cm³/mol. The molecule has 0 radical (unpaired) electrons. The average molecular weight is 351 g/mol. The van der Waals surface area contributed by atoms with Crippen molar-refractivity contribution >= 4 is 24.8 Å². The van der Waals surface area contributed by atoms with Gasteiger partial charge in [-0.05, 0) is 25.3 Å². The van der Waals surface area contributed by atoms with Gasteiger partial charge in [0, 0.05) is 37.8 Å². The van der Waals surface area contributed by atoms with E-state index in [0.29, 0.717) is 11.1 Å². The molecule has 1 aromatic carbocycles. The van der Waals surface area contributed by atoms with E-state index < -0.39 is 5.82 Å². The summed E-state index contributed by atoms with van der Waals surface area (Å²) in [6.07, 6.45) is 3.57. The molecule has 1 aromatic rings. The van der Waals surface area contributed by atoms with Gasteiger partial charge in [0.1, 0.15) is 0 Å². The molecule has 1 fully saturated rings. The molecule has 6 heteroatoms. The molecule has 0 bridgehead atoms. The van der Waals surface area contributed by atoms with E-state index in [-0.39, 0.29) is 36.6 Å². The van der Waals surface area contributed by atoms with Crippen LogP contribution in [0.2, 0.25) is 0 Å². The Labute approximate surface area is 144 Å². The molecule has 0 aromatic heterocycles. The highest BCUT2D eigenvalue weighted by Crippen LogP contribution is 2.35. The number of aromatic hydroxyl groups is 1. The molecule has 1 heterocycles. The van der Waals surface area contributed by atoms with Crippen molar-refractivity contribution in [2.45, 2.75) is 25.8 Å². The molecular weight excluding hydrogens is 326 g/mol. The Morgan fingerprint density at radius 2 is 2.00 bits per heavy atom. The lowest BCUT2D eigenvalue weighted by Gasteiger charge is -2.35. The Hall–Kier alpha value is -0.810. The number of piperazine rings is 1. The van der Waals surface area contributed by atoms with Crippen LogP contribution in [0.5, 0.6) is 5.75 Å². The number of aryl methyl sites for hydroxylation is 1. The lowest BCUT2D eigenvalue weighted by molar-refractivity contribution is 0.163. The number of benzene rings is 1. The van der Waals surface area contributed by atoms with Crippen molar-refractivity contribution in [3.8, 4) is 5.75 Å². The zero-order valence-corrected chi connectivity index (χ0v) is 14.5. The van der Waals surface area contributed by atoms with Crippen molar-refractivity contribution in [3.05, 3.63) is 41.7 Å². The van der Waals surface area contributed by atoms with E-state index in [0.717, 1.165) is 39.0 Å². The number of hydrogen-bond acceptors (Lipinski definition) is 3. The number of halogens is 3. The summed E-state index contributed by atoms with van der Waals surface area (Å²) in [6.45, 7) is 9.11. The summed E-state index contributed by atoms with van der Waals surface area (Å²) in [5.74, 6) is -0.696. The first kappa shape index (κ1) is 21.2. The van der Waals surface area contributed by atoms with Crippen molar-refractivity contribution in [2.24, 2.45) is 0 Å². The van der Waals surface area contributed by atoms with E-state index in [1.807, 2.05) is 12.1 Å². The lowest BCUT2D eigenvalue weighted by Crippen LogP contribution is -2.45. The maximum absolute atomic E-state index is 13.9. The van der Waals surface area contributed by atoms with Crippen molar-refractivity contribution in [3.63, 3.8) is 0 Å². The second-order valence-electron chi connectivity index (χ2n) is 5.30. The summed E-state index contributed by atoms with van der Waals surface area (Å²) in [6, 6.07) is 3.64. The van der Waals surface area contributed by atoms with Gasteiger partial charge >= 0.3 is 0 Å². The molecule has 1 atom stereocenters. The van der Waals surface area contributed by atoms with E-state index in [2.05, 4.69) is 16.8 Å². The number of nitrogens with zero attached hydrogens (tertiary/aromatic N) is 1. The van der Waals surface area contributed by atoms with Gasteiger partial charge in [-0.1, -0.05) is 18.2 Å². The maximum Gasteiger partial charge on any atom is 0.168 e. The Bertz CT molecular complexity index is 479. The Morgan fingerprint density at radius 1 is 1.36 bits per heavy atom. The minimum absolute atomic E-state index is 0. The number of allylic oxidation sites excluding steroid dienone is 1. The number of phenols is 1. The standard InChI is InChI=1S/C16H23FN2O.2ClH/c1-3-4-5-14(19-10-8-18-9-11-19)13-7-6-12(2)15(17)16(13)20;;/h3,6-7,14,18,20H,1,4-5,8-11H2,2H3;2*1H/t14-;;/m1../s1. The highest BCUT2D eigenvalue weighted by atomic mass is 35.5. The first-order valence-electron chi connectivity index (χ1n) is 7.18. The molecule has 126 valence electrons. The van der Waals surface area contributed by atoms with Gasteiger partial charge in [0.05, 0.1) is 0 Å². The van der Waals surface area contributed by atoms with Gasteiger partial charge in [0.15, 0.2) is 11.6 Å². The fourth-order valence-corrected chi connectivity index (χ4v) is 2.75.